The van der Waals surface area contributed by atoms with Gasteiger partial charge in [0, 0.05) is 36.3 Å². The van der Waals surface area contributed by atoms with Crippen LogP contribution >= 0.6 is 0 Å². The van der Waals surface area contributed by atoms with Gasteiger partial charge in [0.2, 0.25) is 0 Å². The Morgan fingerprint density at radius 2 is 1.60 bits per heavy atom. The number of hydrogen-bond donors (Lipinski definition) is 1. The van der Waals surface area contributed by atoms with Crippen molar-refractivity contribution in [1.82, 2.24) is 4.57 Å². The molecule has 2 heterocycles. The summed E-state index contributed by atoms with van der Waals surface area (Å²) in [7, 11) is -2.09. The van der Waals surface area contributed by atoms with Gasteiger partial charge in [-0.3, -0.25) is 9.59 Å². The van der Waals surface area contributed by atoms with Crippen LogP contribution in [0.1, 0.15) is 75.9 Å². The number of esters is 1. The van der Waals surface area contributed by atoms with Crippen molar-refractivity contribution in [2.45, 2.75) is 96.7 Å². The molecule has 1 saturated heterocycles. The van der Waals surface area contributed by atoms with Gasteiger partial charge in [0.25, 0.3) is 5.91 Å². The highest BCUT2D eigenvalue weighted by Gasteiger charge is 2.42. The molecule has 1 aliphatic rings. The first-order valence-corrected chi connectivity index (χ1v) is 19.5. The topological polar surface area (TPSA) is 69.6 Å². The minimum absolute atomic E-state index is 0.0236. The minimum Gasteiger partial charge on any atom is -0.462 e. The Hall–Kier alpha value is -4.01. The standard InChI is InChI=1S/C39H47FN2O4Si/c1-26(2)36-35(38(44)41-30-16-12-9-13-17-30)34(27-14-10-8-11-15-27)37(28-18-20-29(40)21-19-28)42(36)23-22-31-24-32(25-33(43)45-31)46-47(6,7)39(3,4)5/h8-21,26,31-32H,22-25H2,1-7H3,(H,41,44)/t31-,32-/m1/s1. The van der Waals surface area contributed by atoms with E-state index in [1.165, 1.54) is 12.1 Å². The second-order valence-corrected chi connectivity index (χ2v) is 19.1. The Kier molecular flexibility index (Phi) is 10.2. The number of carbonyl (C=O) groups is 2. The highest BCUT2D eigenvalue weighted by Crippen LogP contribution is 2.43. The summed E-state index contributed by atoms with van der Waals surface area (Å²) < 4.78 is 29.0. The normalized spacial score (nSPS) is 17.1. The van der Waals surface area contributed by atoms with E-state index in [1.54, 1.807) is 12.1 Å². The summed E-state index contributed by atoms with van der Waals surface area (Å²) in [6.07, 6.45) is 0.887. The first-order valence-electron chi connectivity index (χ1n) is 16.6. The van der Waals surface area contributed by atoms with Gasteiger partial charge in [-0.25, -0.2) is 4.39 Å². The van der Waals surface area contributed by atoms with Crippen LogP contribution in [-0.2, 0) is 20.5 Å². The van der Waals surface area contributed by atoms with Crippen LogP contribution in [0.25, 0.3) is 22.4 Å². The Labute approximate surface area is 279 Å². The van der Waals surface area contributed by atoms with Crippen LogP contribution in [0.3, 0.4) is 0 Å². The molecule has 2 atom stereocenters. The predicted octanol–water partition coefficient (Wildman–Crippen LogP) is 9.82. The first kappa shape index (κ1) is 34.3. The molecular weight excluding hydrogens is 608 g/mol. The minimum atomic E-state index is -2.09. The number of carbonyl (C=O) groups excluding carboxylic acids is 2. The number of aromatic nitrogens is 1. The van der Waals surface area contributed by atoms with Gasteiger partial charge in [0.1, 0.15) is 11.9 Å². The van der Waals surface area contributed by atoms with Gasteiger partial charge >= 0.3 is 5.97 Å². The molecule has 0 unspecified atom stereocenters. The van der Waals surface area contributed by atoms with Crippen molar-refractivity contribution in [1.29, 1.82) is 0 Å². The number of cyclic esters (lactones) is 1. The van der Waals surface area contributed by atoms with Crippen molar-refractivity contribution >= 4 is 25.9 Å². The van der Waals surface area contributed by atoms with E-state index in [1.807, 2.05) is 60.7 Å². The quantitative estimate of drug-likeness (QED) is 0.137. The van der Waals surface area contributed by atoms with Crippen molar-refractivity contribution in [2.75, 3.05) is 5.32 Å². The van der Waals surface area contributed by atoms with Crippen molar-refractivity contribution in [3.63, 3.8) is 0 Å². The molecule has 6 nitrogen and oxygen atoms in total. The third-order valence-corrected chi connectivity index (χ3v) is 14.0. The monoisotopic (exact) mass is 654 g/mol. The summed E-state index contributed by atoms with van der Waals surface area (Å²) >= 11 is 0. The van der Waals surface area contributed by atoms with E-state index in [4.69, 9.17) is 9.16 Å². The number of amides is 1. The average Bonchev–Trinajstić information content (AvgIpc) is 3.36. The van der Waals surface area contributed by atoms with E-state index < -0.39 is 8.32 Å². The smallest absolute Gasteiger partial charge is 0.308 e. The molecule has 8 heteroatoms. The molecule has 1 N–H and O–H groups in total. The van der Waals surface area contributed by atoms with Crippen LogP contribution in [0.5, 0.6) is 0 Å². The molecule has 0 bridgehead atoms. The molecule has 0 radical (unpaired) electrons. The van der Waals surface area contributed by atoms with E-state index in [0.29, 0.717) is 30.6 Å². The van der Waals surface area contributed by atoms with Gasteiger partial charge in [-0.1, -0.05) is 83.1 Å². The van der Waals surface area contributed by atoms with Crippen LogP contribution in [0, 0.1) is 5.82 Å². The number of anilines is 1. The number of nitrogens with zero attached hydrogens (tertiary/aromatic N) is 1. The predicted molar refractivity (Wildman–Crippen MR) is 190 cm³/mol. The molecule has 248 valence electrons. The lowest BCUT2D eigenvalue weighted by molar-refractivity contribution is -0.159. The second kappa shape index (κ2) is 14.0. The average molecular weight is 655 g/mol. The summed E-state index contributed by atoms with van der Waals surface area (Å²) in [6, 6.07) is 25.7. The lowest BCUT2D eigenvalue weighted by Gasteiger charge is -2.41. The molecule has 4 aromatic rings. The molecule has 1 aliphatic heterocycles. The van der Waals surface area contributed by atoms with Crippen LogP contribution in [-0.4, -0.2) is 37.0 Å². The van der Waals surface area contributed by atoms with Crippen LogP contribution in [0.2, 0.25) is 18.1 Å². The molecular formula is C39H47FN2O4Si. The number of ether oxygens (including phenoxy) is 1. The summed E-state index contributed by atoms with van der Waals surface area (Å²) in [5.74, 6) is -0.825. The van der Waals surface area contributed by atoms with E-state index >= 15 is 0 Å². The van der Waals surface area contributed by atoms with E-state index in [0.717, 1.165) is 28.1 Å². The molecule has 1 aromatic heterocycles. The maximum absolute atomic E-state index is 14.3. The first-order chi connectivity index (χ1) is 22.2. The zero-order valence-corrected chi connectivity index (χ0v) is 29.6. The van der Waals surface area contributed by atoms with Crippen LogP contribution in [0.4, 0.5) is 10.1 Å². The number of benzene rings is 3. The summed E-state index contributed by atoms with van der Waals surface area (Å²) in [4.78, 5) is 27.2. The Bertz CT molecular complexity index is 1690. The second-order valence-electron chi connectivity index (χ2n) is 14.3. The molecule has 0 saturated carbocycles. The number of nitrogens with one attached hydrogen (secondary N) is 1. The lowest BCUT2D eigenvalue weighted by atomic mass is 9.94. The fourth-order valence-electron chi connectivity index (χ4n) is 6.19. The van der Waals surface area contributed by atoms with Gasteiger partial charge in [-0.05, 0) is 71.6 Å². The number of hydrogen-bond acceptors (Lipinski definition) is 4. The van der Waals surface area contributed by atoms with Crippen molar-refractivity contribution in [2.24, 2.45) is 0 Å². The third-order valence-electron chi connectivity index (χ3n) is 9.45. The molecule has 3 aromatic carbocycles. The zero-order valence-electron chi connectivity index (χ0n) is 28.6. The summed E-state index contributed by atoms with van der Waals surface area (Å²) in [5, 5.41) is 3.14. The summed E-state index contributed by atoms with van der Waals surface area (Å²) in [5.41, 5.74) is 5.44. The molecule has 0 spiro atoms. The van der Waals surface area contributed by atoms with Crippen molar-refractivity contribution in [3.8, 4) is 22.4 Å². The third kappa shape index (κ3) is 7.76. The van der Waals surface area contributed by atoms with E-state index in [9.17, 15) is 14.0 Å². The van der Waals surface area contributed by atoms with Gasteiger partial charge in [-0.15, -0.1) is 0 Å². The van der Waals surface area contributed by atoms with Crippen LogP contribution in [0.15, 0.2) is 84.9 Å². The highest BCUT2D eigenvalue weighted by molar-refractivity contribution is 6.74. The maximum atomic E-state index is 14.3. The van der Waals surface area contributed by atoms with E-state index in [-0.39, 0.29) is 47.3 Å². The highest BCUT2D eigenvalue weighted by atomic mass is 28.4. The summed E-state index contributed by atoms with van der Waals surface area (Å²) in [6.45, 7) is 15.7. The Morgan fingerprint density at radius 1 is 0.979 bits per heavy atom. The van der Waals surface area contributed by atoms with Crippen LogP contribution < -0.4 is 5.32 Å². The van der Waals surface area contributed by atoms with Crippen molar-refractivity contribution < 1.29 is 23.1 Å². The number of halogens is 1. The van der Waals surface area contributed by atoms with Gasteiger partial charge in [0.15, 0.2) is 8.32 Å². The Balaban J connectivity index is 1.60. The largest absolute Gasteiger partial charge is 0.462 e. The van der Waals surface area contributed by atoms with Gasteiger partial charge in [-0.2, -0.15) is 0 Å². The van der Waals surface area contributed by atoms with Gasteiger partial charge in [0.05, 0.1) is 23.8 Å². The molecule has 1 amide bonds. The van der Waals surface area contributed by atoms with Crippen molar-refractivity contribution in [3.05, 3.63) is 102 Å². The zero-order chi connectivity index (χ0) is 33.9. The molecule has 5 rings (SSSR count). The lowest BCUT2D eigenvalue weighted by Crippen LogP contribution is -2.47. The number of para-hydroxylation sites is 1. The SMILES string of the molecule is CC(C)c1c(C(=O)Nc2ccccc2)c(-c2ccccc2)c(-c2ccc(F)cc2)n1CC[C@@H]1C[C@@H](O[Si](C)(C)C(C)(C)C)CC(=O)O1. The Morgan fingerprint density at radius 3 is 2.19 bits per heavy atom. The molecule has 1 fully saturated rings. The maximum Gasteiger partial charge on any atom is 0.308 e. The number of rotatable bonds is 10. The molecule has 47 heavy (non-hydrogen) atoms. The van der Waals surface area contributed by atoms with E-state index in [2.05, 4.69) is 57.6 Å². The fourth-order valence-corrected chi connectivity index (χ4v) is 7.55. The molecule has 0 aliphatic carbocycles. The van der Waals surface area contributed by atoms with Gasteiger partial charge < -0.3 is 19.0 Å². The fraction of sp³-hybridized carbons (Fsp3) is 0.385.